The van der Waals surface area contributed by atoms with Crippen molar-refractivity contribution >= 4 is 34.7 Å². The average molecular weight is 640 g/mol. The van der Waals surface area contributed by atoms with E-state index in [0.29, 0.717) is 29.1 Å². The molecule has 6 rings (SSSR count). The van der Waals surface area contributed by atoms with Crippen LogP contribution >= 0.6 is 7.26 Å². The molecule has 0 atom stereocenters. The highest BCUT2D eigenvalue weighted by Crippen LogP contribution is 2.55. The first-order chi connectivity index (χ1) is 20.2. The lowest BCUT2D eigenvalue weighted by Crippen LogP contribution is -3.00. The molecule has 4 aromatic rings. The molecule has 2 aliphatic rings. The summed E-state index contributed by atoms with van der Waals surface area (Å²) < 4.78 is 6.42. The largest absolute Gasteiger partial charge is 1.00 e. The summed E-state index contributed by atoms with van der Waals surface area (Å²) in [5.74, 6) is 0.217. The van der Waals surface area contributed by atoms with Gasteiger partial charge in [0.2, 0.25) is 5.78 Å². The maximum absolute atomic E-state index is 13.7. The first kappa shape index (κ1) is 30.1. The third-order valence-electron chi connectivity index (χ3n) is 8.60. The molecule has 5 heteroatoms. The van der Waals surface area contributed by atoms with Crippen molar-refractivity contribution in [3.63, 3.8) is 0 Å². The molecule has 0 amide bonds. The Labute approximate surface area is 260 Å². The smallest absolute Gasteiger partial charge is 0.228 e. The van der Waals surface area contributed by atoms with E-state index in [2.05, 4.69) is 91.0 Å². The molecular weight excluding hydrogens is 603 g/mol. The van der Waals surface area contributed by atoms with Crippen LogP contribution < -0.4 is 32.9 Å². The zero-order valence-corrected chi connectivity index (χ0v) is 26.2. The van der Waals surface area contributed by atoms with Crippen LogP contribution in [0.5, 0.6) is 0 Å². The summed E-state index contributed by atoms with van der Waals surface area (Å²) in [4.78, 5) is 27.5. The fraction of sp³-hybridized carbons (Fsp3) is 0.243. The predicted octanol–water partition coefficient (Wildman–Crippen LogP) is 4.30. The number of carbonyl (C=O) groups is 2. The molecule has 0 aromatic heterocycles. The summed E-state index contributed by atoms with van der Waals surface area (Å²) in [5, 5.41) is 3.99. The van der Waals surface area contributed by atoms with Crippen LogP contribution in [0.25, 0.3) is 0 Å². The number of ketones is 2. The Morgan fingerprint density at radius 1 is 0.595 bits per heavy atom. The Morgan fingerprint density at radius 3 is 1.55 bits per heavy atom. The minimum Gasteiger partial charge on any atom is -1.00 e. The van der Waals surface area contributed by atoms with E-state index in [4.69, 9.17) is 4.74 Å². The van der Waals surface area contributed by atoms with Gasteiger partial charge in [-0.05, 0) is 55.2 Å². The van der Waals surface area contributed by atoms with Crippen molar-refractivity contribution in [1.29, 1.82) is 0 Å². The number of benzene rings is 4. The number of halogens is 1. The maximum atomic E-state index is 13.7. The minimum atomic E-state index is -1.99. The van der Waals surface area contributed by atoms with E-state index in [9.17, 15) is 9.59 Å². The number of fused-ring (bicyclic) bond motifs is 1. The SMILES string of the molecule is O=C1C(OCCC[P+](c2ccccc2)(c2ccccc2)c2ccccc2)=C(C2CCCCC2)C(=O)c2ccccc21.[Br-]. The fourth-order valence-electron chi connectivity index (χ4n) is 6.64. The molecule has 0 heterocycles. The Bertz CT molecular complexity index is 1450. The molecule has 1 saturated carbocycles. The molecular formula is C37H36BrO3P. The van der Waals surface area contributed by atoms with Crippen LogP contribution in [0.1, 0.15) is 59.2 Å². The van der Waals surface area contributed by atoms with Crippen molar-refractivity contribution < 1.29 is 31.3 Å². The lowest BCUT2D eigenvalue weighted by molar-refractivity contribution is -0.0000221. The predicted molar refractivity (Wildman–Crippen MR) is 169 cm³/mol. The zero-order chi connectivity index (χ0) is 28.1. The summed E-state index contributed by atoms with van der Waals surface area (Å²) >= 11 is 0. The molecule has 4 aromatic carbocycles. The molecule has 2 aliphatic carbocycles. The second kappa shape index (κ2) is 13.8. The van der Waals surface area contributed by atoms with Gasteiger partial charge in [-0.15, -0.1) is 0 Å². The van der Waals surface area contributed by atoms with Crippen molar-refractivity contribution in [2.45, 2.75) is 38.5 Å². The second-order valence-electron chi connectivity index (χ2n) is 11.0. The van der Waals surface area contributed by atoms with E-state index in [-0.39, 0.29) is 34.5 Å². The molecule has 0 radical (unpaired) electrons. The van der Waals surface area contributed by atoms with Gasteiger partial charge in [-0.25, -0.2) is 0 Å². The molecule has 0 unspecified atom stereocenters. The summed E-state index contributed by atoms with van der Waals surface area (Å²) in [6.45, 7) is 0.390. The lowest BCUT2D eigenvalue weighted by Gasteiger charge is -2.30. The summed E-state index contributed by atoms with van der Waals surface area (Å²) in [6.07, 6.45) is 6.89. The van der Waals surface area contributed by atoms with Crippen LogP contribution in [0, 0.1) is 5.92 Å². The Hall–Kier alpha value is -3.33. The van der Waals surface area contributed by atoms with E-state index < -0.39 is 7.26 Å². The van der Waals surface area contributed by atoms with Gasteiger partial charge < -0.3 is 21.7 Å². The highest BCUT2D eigenvalue weighted by Gasteiger charge is 2.45. The quantitative estimate of drug-likeness (QED) is 0.203. The van der Waals surface area contributed by atoms with Gasteiger partial charge in [-0.2, -0.15) is 0 Å². The number of allylic oxidation sites excluding steroid dienone is 2. The maximum Gasteiger partial charge on any atom is 0.228 e. The standard InChI is InChI=1S/C37H36O3P.BrH/c38-35-32-24-13-14-25-33(32)36(39)37(34(35)28-16-5-1-6-17-28)40-26-15-27-41(29-18-7-2-8-19-29,30-20-9-3-10-21-30)31-22-11-4-12-23-31;/h2-4,7-14,18-25,28H,1,5-6,15-17,26-27H2;1H/q+1;/p-1. The molecule has 214 valence electrons. The normalized spacial score (nSPS) is 15.6. The number of Topliss-reactive ketones (excluding diaryl/α,β-unsaturated/α-hetero) is 2. The van der Waals surface area contributed by atoms with Gasteiger partial charge in [0.15, 0.2) is 11.5 Å². The topological polar surface area (TPSA) is 43.4 Å². The van der Waals surface area contributed by atoms with E-state index >= 15 is 0 Å². The molecule has 42 heavy (non-hydrogen) atoms. The van der Waals surface area contributed by atoms with Gasteiger partial charge in [0.05, 0.1) is 12.8 Å². The summed E-state index contributed by atoms with van der Waals surface area (Å²) in [5.41, 5.74) is 1.60. The van der Waals surface area contributed by atoms with Gasteiger partial charge in [0.1, 0.15) is 23.2 Å². The number of rotatable bonds is 9. The summed E-state index contributed by atoms with van der Waals surface area (Å²) in [7, 11) is -1.99. The van der Waals surface area contributed by atoms with Crippen LogP contribution in [-0.2, 0) is 4.74 Å². The highest BCUT2D eigenvalue weighted by atomic mass is 79.9. The van der Waals surface area contributed by atoms with Crippen LogP contribution in [-0.4, -0.2) is 24.3 Å². The van der Waals surface area contributed by atoms with Crippen molar-refractivity contribution in [3.8, 4) is 0 Å². The molecule has 0 saturated heterocycles. The molecule has 1 fully saturated rings. The minimum absolute atomic E-state index is 0. The fourth-order valence-corrected chi connectivity index (χ4v) is 11.0. The third kappa shape index (κ3) is 5.80. The lowest BCUT2D eigenvalue weighted by atomic mass is 9.76. The van der Waals surface area contributed by atoms with Gasteiger partial charge in [-0.1, -0.05) is 98.1 Å². The van der Waals surface area contributed by atoms with Gasteiger partial charge >= 0.3 is 0 Å². The first-order valence-electron chi connectivity index (χ1n) is 14.8. The van der Waals surface area contributed by atoms with Crippen LogP contribution in [0.2, 0.25) is 0 Å². The second-order valence-corrected chi connectivity index (χ2v) is 14.6. The Kier molecular flexibility index (Phi) is 9.88. The Balaban J connectivity index is 0.00000353. The first-order valence-corrected chi connectivity index (χ1v) is 16.8. The number of ether oxygens (including phenoxy) is 1. The van der Waals surface area contributed by atoms with Gasteiger partial charge in [0, 0.05) is 23.1 Å². The van der Waals surface area contributed by atoms with Crippen LogP contribution in [0.3, 0.4) is 0 Å². The third-order valence-corrected chi connectivity index (χ3v) is 13.1. The summed E-state index contributed by atoms with van der Waals surface area (Å²) in [6, 6.07) is 39.6. The van der Waals surface area contributed by atoms with Crippen LogP contribution in [0.4, 0.5) is 0 Å². The number of carbonyl (C=O) groups excluding carboxylic acids is 2. The van der Waals surface area contributed by atoms with Gasteiger partial charge in [-0.3, -0.25) is 9.59 Å². The van der Waals surface area contributed by atoms with Gasteiger partial charge in [0.25, 0.3) is 0 Å². The number of hydrogen-bond donors (Lipinski definition) is 0. The van der Waals surface area contributed by atoms with Crippen molar-refractivity contribution in [2.75, 3.05) is 12.8 Å². The average Bonchev–Trinajstić information content (AvgIpc) is 3.05. The van der Waals surface area contributed by atoms with E-state index in [0.717, 1.165) is 38.3 Å². The molecule has 0 aliphatic heterocycles. The molecule has 3 nitrogen and oxygen atoms in total. The highest BCUT2D eigenvalue weighted by molar-refractivity contribution is 7.95. The van der Waals surface area contributed by atoms with Crippen molar-refractivity contribution in [2.24, 2.45) is 5.92 Å². The zero-order valence-electron chi connectivity index (χ0n) is 23.8. The van der Waals surface area contributed by atoms with E-state index in [1.807, 2.05) is 12.1 Å². The number of hydrogen-bond acceptors (Lipinski definition) is 3. The van der Waals surface area contributed by atoms with Crippen LogP contribution in [0.15, 0.2) is 127 Å². The van der Waals surface area contributed by atoms with Crippen molar-refractivity contribution in [1.82, 2.24) is 0 Å². The molecule has 0 spiro atoms. The van der Waals surface area contributed by atoms with Crippen molar-refractivity contribution in [3.05, 3.63) is 138 Å². The monoisotopic (exact) mass is 638 g/mol. The van der Waals surface area contributed by atoms with E-state index in [1.165, 1.54) is 22.3 Å². The Morgan fingerprint density at radius 2 is 1.05 bits per heavy atom. The molecule has 0 bridgehead atoms. The molecule has 0 N–H and O–H groups in total. The van der Waals surface area contributed by atoms with E-state index in [1.54, 1.807) is 12.1 Å².